The first-order valence-electron chi connectivity index (χ1n) is 6.78. The molecular formula is C16H18O5. The van der Waals surface area contributed by atoms with Gasteiger partial charge >= 0.3 is 12.1 Å². The van der Waals surface area contributed by atoms with Gasteiger partial charge in [-0.2, -0.15) is 0 Å². The van der Waals surface area contributed by atoms with E-state index in [2.05, 4.69) is 6.58 Å². The van der Waals surface area contributed by atoms with E-state index in [1.165, 1.54) is 0 Å². The van der Waals surface area contributed by atoms with Gasteiger partial charge in [-0.25, -0.2) is 9.59 Å². The van der Waals surface area contributed by atoms with Crippen molar-refractivity contribution in [3.63, 3.8) is 0 Å². The summed E-state index contributed by atoms with van der Waals surface area (Å²) in [6.07, 6.45) is 1.71. The lowest BCUT2D eigenvalue weighted by atomic mass is 9.87. The number of esters is 1. The van der Waals surface area contributed by atoms with Crippen LogP contribution in [0.25, 0.3) is 6.08 Å². The van der Waals surface area contributed by atoms with Gasteiger partial charge in [-0.05, 0) is 24.1 Å². The van der Waals surface area contributed by atoms with Crippen LogP contribution in [0.5, 0.6) is 0 Å². The Morgan fingerprint density at radius 3 is 2.48 bits per heavy atom. The molecule has 1 aliphatic rings. The number of rotatable bonds is 5. The molecule has 0 bridgehead atoms. The summed E-state index contributed by atoms with van der Waals surface area (Å²) in [5.74, 6) is -0.407. The summed E-state index contributed by atoms with van der Waals surface area (Å²) in [5, 5.41) is 0. The number of hydrogen-bond acceptors (Lipinski definition) is 5. The molecule has 1 aliphatic heterocycles. The third-order valence-corrected chi connectivity index (χ3v) is 3.63. The first-order chi connectivity index (χ1) is 10.1. The van der Waals surface area contributed by atoms with Gasteiger partial charge in [0.1, 0.15) is 19.8 Å². The van der Waals surface area contributed by atoms with Crippen LogP contribution in [0.2, 0.25) is 0 Å². The SMILES string of the molecule is C=Cc1ccc(C(=O)OCC2(CC)COC(=O)OC2)cc1. The fraction of sp³-hybridized carbons (Fsp3) is 0.375. The number of ether oxygens (including phenoxy) is 3. The molecule has 1 heterocycles. The molecule has 1 saturated heterocycles. The molecule has 0 amide bonds. The first-order valence-corrected chi connectivity index (χ1v) is 6.78. The third kappa shape index (κ3) is 3.62. The van der Waals surface area contributed by atoms with Gasteiger partial charge in [0.2, 0.25) is 0 Å². The van der Waals surface area contributed by atoms with Crippen molar-refractivity contribution in [2.24, 2.45) is 5.41 Å². The Morgan fingerprint density at radius 2 is 1.95 bits per heavy atom. The molecule has 0 radical (unpaired) electrons. The van der Waals surface area contributed by atoms with Crippen molar-refractivity contribution >= 4 is 18.2 Å². The van der Waals surface area contributed by atoms with Gasteiger partial charge in [0.25, 0.3) is 0 Å². The summed E-state index contributed by atoms with van der Waals surface area (Å²) in [4.78, 5) is 22.9. The lowest BCUT2D eigenvalue weighted by Gasteiger charge is -2.34. The quantitative estimate of drug-likeness (QED) is 0.780. The van der Waals surface area contributed by atoms with Gasteiger partial charge in [-0.15, -0.1) is 0 Å². The van der Waals surface area contributed by atoms with E-state index in [1.54, 1.807) is 30.3 Å². The summed E-state index contributed by atoms with van der Waals surface area (Å²) in [7, 11) is 0. The lowest BCUT2D eigenvalue weighted by molar-refractivity contribution is -0.0852. The summed E-state index contributed by atoms with van der Waals surface area (Å²) in [6, 6.07) is 6.97. The van der Waals surface area contributed by atoms with Gasteiger partial charge in [0.05, 0.1) is 11.0 Å². The average molecular weight is 290 g/mol. The minimum atomic E-state index is -0.676. The van der Waals surface area contributed by atoms with Crippen LogP contribution in [0.15, 0.2) is 30.8 Å². The predicted octanol–water partition coefficient (Wildman–Crippen LogP) is 3.05. The highest BCUT2D eigenvalue weighted by Gasteiger charge is 2.37. The second-order valence-corrected chi connectivity index (χ2v) is 5.08. The standard InChI is InChI=1S/C16H18O5/c1-3-12-5-7-13(8-6-12)14(17)19-9-16(4-2)10-20-15(18)21-11-16/h3,5-8H,1,4,9-11H2,2H3. The average Bonchev–Trinajstić information content (AvgIpc) is 2.54. The maximum Gasteiger partial charge on any atom is 0.508 e. The predicted molar refractivity (Wildman–Crippen MR) is 76.8 cm³/mol. The molecule has 0 spiro atoms. The zero-order chi connectivity index (χ0) is 15.3. The van der Waals surface area contributed by atoms with Crippen molar-refractivity contribution in [1.29, 1.82) is 0 Å². The Labute approximate surface area is 123 Å². The summed E-state index contributed by atoms with van der Waals surface area (Å²) >= 11 is 0. The van der Waals surface area contributed by atoms with Crippen molar-refractivity contribution in [2.45, 2.75) is 13.3 Å². The second-order valence-electron chi connectivity index (χ2n) is 5.08. The molecule has 0 atom stereocenters. The van der Waals surface area contributed by atoms with Crippen LogP contribution in [0.1, 0.15) is 29.3 Å². The van der Waals surface area contributed by atoms with Crippen LogP contribution in [0, 0.1) is 5.41 Å². The Kier molecular flexibility index (Phi) is 4.62. The molecule has 5 nitrogen and oxygen atoms in total. The molecule has 1 aromatic carbocycles. The van der Waals surface area contributed by atoms with E-state index < -0.39 is 17.5 Å². The Morgan fingerprint density at radius 1 is 1.33 bits per heavy atom. The van der Waals surface area contributed by atoms with Gasteiger partial charge in [-0.1, -0.05) is 31.7 Å². The Balaban J connectivity index is 1.95. The minimum absolute atomic E-state index is 0.152. The van der Waals surface area contributed by atoms with Crippen molar-refractivity contribution in [3.05, 3.63) is 42.0 Å². The number of carbonyl (C=O) groups is 2. The fourth-order valence-electron chi connectivity index (χ4n) is 1.95. The zero-order valence-electron chi connectivity index (χ0n) is 12.0. The molecule has 1 aromatic rings. The molecular weight excluding hydrogens is 272 g/mol. The molecule has 0 N–H and O–H groups in total. The smallest absolute Gasteiger partial charge is 0.461 e. The van der Waals surface area contributed by atoms with Crippen molar-refractivity contribution < 1.29 is 23.8 Å². The maximum atomic E-state index is 12.0. The largest absolute Gasteiger partial charge is 0.508 e. The van der Waals surface area contributed by atoms with E-state index in [1.807, 2.05) is 6.92 Å². The van der Waals surface area contributed by atoms with Crippen LogP contribution in [-0.4, -0.2) is 31.9 Å². The molecule has 0 unspecified atom stereocenters. The van der Waals surface area contributed by atoms with Gasteiger partial charge in [-0.3, -0.25) is 0 Å². The van der Waals surface area contributed by atoms with Crippen molar-refractivity contribution in [2.75, 3.05) is 19.8 Å². The van der Waals surface area contributed by atoms with Crippen LogP contribution >= 0.6 is 0 Å². The van der Waals surface area contributed by atoms with Crippen LogP contribution in [0.3, 0.4) is 0 Å². The molecule has 0 saturated carbocycles. The molecule has 21 heavy (non-hydrogen) atoms. The van der Waals surface area contributed by atoms with E-state index in [9.17, 15) is 9.59 Å². The molecule has 2 rings (SSSR count). The minimum Gasteiger partial charge on any atom is -0.461 e. The van der Waals surface area contributed by atoms with Crippen molar-refractivity contribution in [1.82, 2.24) is 0 Å². The van der Waals surface area contributed by atoms with Crippen LogP contribution in [0.4, 0.5) is 4.79 Å². The summed E-state index contributed by atoms with van der Waals surface area (Å²) < 4.78 is 15.1. The first kappa shape index (κ1) is 15.1. The Bertz CT molecular complexity index is 522. The van der Waals surface area contributed by atoms with Gasteiger partial charge in [0, 0.05) is 0 Å². The topological polar surface area (TPSA) is 61.8 Å². The number of cyclic esters (lactones) is 2. The monoisotopic (exact) mass is 290 g/mol. The van der Waals surface area contributed by atoms with E-state index in [-0.39, 0.29) is 19.8 Å². The van der Waals surface area contributed by atoms with Gasteiger partial charge in [0.15, 0.2) is 0 Å². The molecule has 0 aliphatic carbocycles. The van der Waals surface area contributed by atoms with Crippen LogP contribution < -0.4 is 0 Å². The second kappa shape index (κ2) is 6.43. The maximum absolute atomic E-state index is 12.0. The highest BCUT2D eigenvalue weighted by Crippen LogP contribution is 2.27. The van der Waals surface area contributed by atoms with Gasteiger partial charge < -0.3 is 14.2 Å². The lowest BCUT2D eigenvalue weighted by Crippen LogP contribution is -2.42. The van der Waals surface area contributed by atoms with Crippen molar-refractivity contribution in [3.8, 4) is 0 Å². The summed E-state index contributed by atoms with van der Waals surface area (Å²) in [5.41, 5.74) is 0.940. The number of benzene rings is 1. The summed E-state index contributed by atoms with van der Waals surface area (Å²) in [6.45, 7) is 6.15. The molecule has 1 fully saturated rings. The normalized spacial score (nSPS) is 16.5. The molecule has 5 heteroatoms. The number of carbonyl (C=O) groups excluding carboxylic acids is 2. The Hall–Kier alpha value is -2.30. The van der Waals surface area contributed by atoms with Crippen LogP contribution in [-0.2, 0) is 14.2 Å². The molecule has 112 valence electrons. The third-order valence-electron chi connectivity index (χ3n) is 3.63. The van der Waals surface area contributed by atoms with E-state index >= 15 is 0 Å². The fourth-order valence-corrected chi connectivity index (χ4v) is 1.95. The zero-order valence-corrected chi connectivity index (χ0v) is 12.0. The van der Waals surface area contributed by atoms with E-state index in [0.29, 0.717) is 12.0 Å². The van der Waals surface area contributed by atoms with E-state index in [0.717, 1.165) is 5.56 Å². The highest BCUT2D eigenvalue weighted by molar-refractivity contribution is 5.89. The highest BCUT2D eigenvalue weighted by atomic mass is 16.7. The number of hydrogen-bond donors (Lipinski definition) is 0. The molecule has 0 aromatic heterocycles. The van der Waals surface area contributed by atoms with E-state index in [4.69, 9.17) is 14.2 Å².